The van der Waals surface area contributed by atoms with Crippen LogP contribution in [0.15, 0.2) is 59.1 Å². The molecule has 0 radical (unpaired) electrons. The van der Waals surface area contributed by atoms with Crippen LogP contribution in [0.1, 0.15) is 11.5 Å². The van der Waals surface area contributed by atoms with Gasteiger partial charge in [0.15, 0.2) is 11.5 Å². The van der Waals surface area contributed by atoms with E-state index in [9.17, 15) is 4.79 Å². The van der Waals surface area contributed by atoms with Crippen molar-refractivity contribution in [3.63, 3.8) is 0 Å². The lowest BCUT2D eigenvalue weighted by molar-refractivity contribution is -0.116. The van der Waals surface area contributed by atoms with Crippen molar-refractivity contribution in [3.8, 4) is 22.9 Å². The van der Waals surface area contributed by atoms with Gasteiger partial charge in [-0.2, -0.15) is 4.98 Å². The summed E-state index contributed by atoms with van der Waals surface area (Å²) in [7, 11) is 3.13. The van der Waals surface area contributed by atoms with E-state index in [2.05, 4.69) is 15.5 Å². The topological polar surface area (TPSA) is 86.5 Å². The molecule has 1 amide bonds. The second-order valence-corrected chi connectivity index (χ2v) is 5.54. The van der Waals surface area contributed by atoms with Crippen molar-refractivity contribution in [2.75, 3.05) is 14.2 Å². The molecule has 0 saturated heterocycles. The van der Waals surface area contributed by atoms with E-state index in [1.54, 1.807) is 38.5 Å². The Hall–Kier alpha value is -3.61. The lowest BCUT2D eigenvalue weighted by Crippen LogP contribution is -2.20. The molecule has 0 atom stereocenters. The van der Waals surface area contributed by atoms with Crippen LogP contribution in [0.4, 0.5) is 0 Å². The quantitative estimate of drug-likeness (QED) is 0.648. The van der Waals surface area contributed by atoms with Gasteiger partial charge in [0.1, 0.15) is 0 Å². The molecule has 7 heteroatoms. The molecule has 27 heavy (non-hydrogen) atoms. The van der Waals surface area contributed by atoms with E-state index in [1.165, 1.54) is 6.08 Å². The zero-order chi connectivity index (χ0) is 19.1. The normalized spacial score (nSPS) is 10.7. The number of hydrogen-bond donors (Lipinski definition) is 1. The number of methoxy groups -OCH3 is 2. The molecule has 7 nitrogen and oxygen atoms in total. The number of benzene rings is 2. The van der Waals surface area contributed by atoms with Crippen molar-refractivity contribution in [1.29, 1.82) is 0 Å². The minimum absolute atomic E-state index is 0.137. The van der Waals surface area contributed by atoms with Gasteiger partial charge in [-0.15, -0.1) is 0 Å². The van der Waals surface area contributed by atoms with Gasteiger partial charge in [0.25, 0.3) is 0 Å². The van der Waals surface area contributed by atoms with Gasteiger partial charge in [-0.25, -0.2) is 0 Å². The Bertz CT molecular complexity index is 935. The van der Waals surface area contributed by atoms with Gasteiger partial charge in [-0.05, 0) is 29.8 Å². The Morgan fingerprint density at radius 1 is 1.11 bits per heavy atom. The summed E-state index contributed by atoms with van der Waals surface area (Å²) in [5, 5.41) is 6.65. The zero-order valence-electron chi connectivity index (χ0n) is 15.0. The number of nitrogens with zero attached hydrogens (tertiary/aromatic N) is 2. The summed E-state index contributed by atoms with van der Waals surface area (Å²) < 4.78 is 15.7. The van der Waals surface area contributed by atoms with Gasteiger partial charge < -0.3 is 19.3 Å². The maximum absolute atomic E-state index is 11.9. The van der Waals surface area contributed by atoms with Gasteiger partial charge in [0.2, 0.25) is 17.6 Å². The molecular formula is C20H19N3O4. The molecule has 0 aliphatic heterocycles. The predicted molar refractivity (Wildman–Crippen MR) is 100 cm³/mol. The fraction of sp³-hybridized carbons (Fsp3) is 0.150. The Labute approximate surface area is 156 Å². The predicted octanol–water partition coefficient (Wildman–Crippen LogP) is 3.08. The summed E-state index contributed by atoms with van der Waals surface area (Å²) in [5.41, 5.74) is 1.67. The van der Waals surface area contributed by atoms with Crippen LogP contribution >= 0.6 is 0 Å². The molecule has 0 aliphatic rings. The summed E-state index contributed by atoms with van der Waals surface area (Å²) >= 11 is 0. The van der Waals surface area contributed by atoms with E-state index in [0.717, 1.165) is 11.1 Å². The van der Waals surface area contributed by atoms with Crippen LogP contribution in [0.2, 0.25) is 0 Å². The number of aromatic nitrogens is 2. The highest BCUT2D eigenvalue weighted by Crippen LogP contribution is 2.31. The number of carbonyl (C=O) groups excluding carboxylic acids is 1. The van der Waals surface area contributed by atoms with Crippen molar-refractivity contribution in [2.24, 2.45) is 0 Å². The molecule has 0 aliphatic carbocycles. The van der Waals surface area contributed by atoms with Crippen molar-refractivity contribution in [2.45, 2.75) is 6.54 Å². The zero-order valence-corrected chi connectivity index (χ0v) is 15.0. The first-order valence-electron chi connectivity index (χ1n) is 8.25. The molecule has 138 valence electrons. The van der Waals surface area contributed by atoms with Crippen LogP contribution < -0.4 is 14.8 Å². The number of carbonyl (C=O) groups is 1. The van der Waals surface area contributed by atoms with E-state index in [0.29, 0.717) is 23.2 Å². The van der Waals surface area contributed by atoms with E-state index in [1.807, 2.05) is 30.3 Å². The average Bonchev–Trinajstić information content (AvgIpc) is 3.20. The highest BCUT2D eigenvalue weighted by molar-refractivity contribution is 5.91. The van der Waals surface area contributed by atoms with Crippen LogP contribution in [0.25, 0.3) is 17.5 Å². The molecule has 1 aromatic heterocycles. The second kappa shape index (κ2) is 8.66. The highest BCUT2D eigenvalue weighted by atomic mass is 16.5. The van der Waals surface area contributed by atoms with Crippen molar-refractivity contribution >= 4 is 12.0 Å². The first kappa shape index (κ1) is 18.2. The van der Waals surface area contributed by atoms with E-state index < -0.39 is 0 Å². The maximum Gasteiger partial charge on any atom is 0.246 e. The lowest BCUT2D eigenvalue weighted by Gasteiger charge is -2.07. The van der Waals surface area contributed by atoms with Crippen LogP contribution in [0.3, 0.4) is 0 Å². The fourth-order valence-corrected chi connectivity index (χ4v) is 2.38. The SMILES string of the molecule is COc1ccc(-c2noc(CNC(=O)/C=C/c3ccccc3)n2)cc1OC. The standard InChI is InChI=1S/C20H19N3O4/c1-25-16-10-9-15(12-17(16)26-2)20-22-19(27-23-20)13-21-18(24)11-8-14-6-4-3-5-7-14/h3-12H,13H2,1-2H3,(H,21,24)/b11-8+. The number of hydrogen-bond acceptors (Lipinski definition) is 6. The van der Waals surface area contributed by atoms with Crippen molar-refractivity contribution in [1.82, 2.24) is 15.5 Å². The molecule has 0 bridgehead atoms. The highest BCUT2D eigenvalue weighted by Gasteiger charge is 2.12. The first-order chi connectivity index (χ1) is 13.2. The third-order valence-corrected chi connectivity index (χ3v) is 3.75. The average molecular weight is 365 g/mol. The third kappa shape index (κ3) is 4.72. The Balaban J connectivity index is 1.61. The summed E-state index contributed by atoms with van der Waals surface area (Å²) in [6, 6.07) is 14.9. The van der Waals surface area contributed by atoms with E-state index >= 15 is 0 Å². The summed E-state index contributed by atoms with van der Waals surface area (Å²) in [4.78, 5) is 16.2. The van der Waals surface area contributed by atoms with Crippen molar-refractivity contribution in [3.05, 3.63) is 66.1 Å². The van der Waals surface area contributed by atoms with Gasteiger partial charge in [0.05, 0.1) is 20.8 Å². The molecule has 3 rings (SSSR count). The smallest absolute Gasteiger partial charge is 0.246 e. The van der Waals surface area contributed by atoms with Gasteiger partial charge >= 0.3 is 0 Å². The van der Waals surface area contributed by atoms with Gasteiger partial charge in [0, 0.05) is 11.6 Å². The summed E-state index contributed by atoms with van der Waals surface area (Å²) in [5.74, 6) is 1.65. The van der Waals surface area contributed by atoms with Crippen molar-refractivity contribution < 1.29 is 18.8 Å². The minimum Gasteiger partial charge on any atom is -0.493 e. The van der Waals surface area contributed by atoms with Crippen LogP contribution in [-0.2, 0) is 11.3 Å². The third-order valence-electron chi connectivity index (χ3n) is 3.75. The van der Waals surface area contributed by atoms with Crippen LogP contribution in [0, 0.1) is 0 Å². The Morgan fingerprint density at radius 3 is 2.63 bits per heavy atom. The molecule has 0 fully saturated rings. The minimum atomic E-state index is -0.246. The number of nitrogens with one attached hydrogen (secondary N) is 1. The molecular weight excluding hydrogens is 346 g/mol. The van der Waals surface area contributed by atoms with Gasteiger partial charge in [-0.1, -0.05) is 35.5 Å². The Morgan fingerprint density at radius 2 is 1.89 bits per heavy atom. The summed E-state index contributed by atoms with van der Waals surface area (Å²) in [6.45, 7) is 0.137. The molecule has 1 heterocycles. The monoisotopic (exact) mass is 365 g/mol. The molecule has 0 spiro atoms. The maximum atomic E-state index is 11.9. The van der Waals surface area contributed by atoms with E-state index in [-0.39, 0.29) is 12.5 Å². The van der Waals surface area contributed by atoms with Crippen LogP contribution in [-0.4, -0.2) is 30.3 Å². The van der Waals surface area contributed by atoms with Gasteiger partial charge in [-0.3, -0.25) is 4.79 Å². The molecule has 0 unspecified atom stereocenters. The lowest BCUT2D eigenvalue weighted by atomic mass is 10.2. The first-order valence-corrected chi connectivity index (χ1v) is 8.25. The number of amides is 1. The Kier molecular flexibility index (Phi) is 5.84. The number of rotatable bonds is 7. The molecule has 0 saturated carbocycles. The number of ether oxygens (including phenoxy) is 2. The molecule has 1 N–H and O–H groups in total. The van der Waals surface area contributed by atoms with E-state index in [4.69, 9.17) is 14.0 Å². The van der Waals surface area contributed by atoms with Crippen LogP contribution in [0.5, 0.6) is 11.5 Å². The molecule has 2 aromatic carbocycles. The fourth-order valence-electron chi connectivity index (χ4n) is 2.38. The second-order valence-electron chi connectivity index (χ2n) is 5.54. The largest absolute Gasteiger partial charge is 0.493 e. The summed E-state index contributed by atoms with van der Waals surface area (Å²) in [6.07, 6.45) is 3.19. The molecule has 3 aromatic rings.